The summed E-state index contributed by atoms with van der Waals surface area (Å²) in [5, 5.41) is 0. The summed E-state index contributed by atoms with van der Waals surface area (Å²) in [5.74, 6) is 1.71. The number of carbonyl (C=O) groups is 1. The predicted molar refractivity (Wildman–Crippen MR) is 159 cm³/mol. The highest BCUT2D eigenvalue weighted by molar-refractivity contribution is 5.91. The Morgan fingerprint density at radius 1 is 0.658 bits per heavy atom. The average Bonchev–Trinajstić information content (AvgIpc) is 2.95. The first-order valence-electron chi connectivity index (χ1n) is 14.7. The van der Waals surface area contributed by atoms with Gasteiger partial charge >= 0.3 is 5.97 Å². The molecule has 38 heavy (non-hydrogen) atoms. The molecule has 0 unspecified atom stereocenters. The van der Waals surface area contributed by atoms with Crippen molar-refractivity contribution in [2.24, 2.45) is 5.92 Å². The van der Waals surface area contributed by atoms with Crippen molar-refractivity contribution >= 4 is 5.97 Å². The number of carbonyl (C=O) groups excluding carboxylic acids is 1. The van der Waals surface area contributed by atoms with Gasteiger partial charge in [-0.25, -0.2) is 4.79 Å². The third-order valence-electron chi connectivity index (χ3n) is 7.10. The molecule has 0 spiro atoms. The van der Waals surface area contributed by atoms with Gasteiger partial charge in [-0.05, 0) is 78.3 Å². The summed E-state index contributed by atoms with van der Waals surface area (Å²) in [6.07, 6.45) is 13.9. The predicted octanol–water partition coefficient (Wildman–Crippen LogP) is 10.1. The van der Waals surface area contributed by atoms with Crippen LogP contribution in [-0.2, 0) is 6.42 Å². The Morgan fingerprint density at radius 2 is 1.21 bits per heavy atom. The number of esters is 1. The number of ether oxygens (including phenoxy) is 2. The van der Waals surface area contributed by atoms with Crippen LogP contribution in [0.15, 0.2) is 72.8 Å². The lowest BCUT2D eigenvalue weighted by molar-refractivity contribution is 0.0734. The molecule has 3 nitrogen and oxygen atoms in total. The maximum absolute atomic E-state index is 12.7. The first kappa shape index (κ1) is 29.5. The van der Waals surface area contributed by atoms with Gasteiger partial charge in [0.15, 0.2) is 0 Å². The molecule has 0 aliphatic rings. The largest absolute Gasteiger partial charge is 0.493 e. The van der Waals surface area contributed by atoms with E-state index < -0.39 is 0 Å². The maximum Gasteiger partial charge on any atom is 0.343 e. The van der Waals surface area contributed by atoms with Gasteiger partial charge in [0.25, 0.3) is 0 Å². The van der Waals surface area contributed by atoms with Gasteiger partial charge in [-0.2, -0.15) is 0 Å². The topological polar surface area (TPSA) is 35.5 Å². The van der Waals surface area contributed by atoms with Crippen LogP contribution in [0.4, 0.5) is 0 Å². The van der Waals surface area contributed by atoms with Gasteiger partial charge < -0.3 is 9.47 Å². The van der Waals surface area contributed by atoms with E-state index in [0.29, 0.717) is 17.2 Å². The van der Waals surface area contributed by atoms with E-state index in [9.17, 15) is 4.79 Å². The van der Waals surface area contributed by atoms with Crippen LogP contribution in [0.25, 0.3) is 11.1 Å². The minimum atomic E-state index is -0.336. The van der Waals surface area contributed by atoms with Crippen molar-refractivity contribution in [3.63, 3.8) is 0 Å². The summed E-state index contributed by atoms with van der Waals surface area (Å²) in [6.45, 7) is 7.49. The number of rotatable bonds is 17. The molecule has 0 aliphatic carbocycles. The molecule has 0 heterocycles. The Kier molecular flexibility index (Phi) is 13.0. The van der Waals surface area contributed by atoms with Crippen molar-refractivity contribution in [3.05, 3.63) is 83.9 Å². The minimum Gasteiger partial charge on any atom is -0.493 e. The minimum absolute atomic E-state index is 0.336. The first-order chi connectivity index (χ1) is 18.6. The Hall–Kier alpha value is -3.07. The van der Waals surface area contributed by atoms with Crippen LogP contribution in [0, 0.1) is 5.92 Å². The molecule has 0 bridgehead atoms. The molecule has 0 amide bonds. The van der Waals surface area contributed by atoms with Gasteiger partial charge in [-0.1, -0.05) is 109 Å². The number of unbranched alkanes of at least 4 members (excludes halogenated alkanes) is 7. The summed E-state index contributed by atoms with van der Waals surface area (Å²) in [5.41, 5.74) is 3.98. The highest BCUT2D eigenvalue weighted by Crippen LogP contribution is 2.24. The molecule has 0 saturated heterocycles. The lowest BCUT2D eigenvalue weighted by Gasteiger charge is -2.13. The van der Waals surface area contributed by atoms with Crippen molar-refractivity contribution in [2.75, 3.05) is 6.61 Å². The molecular weight excluding hydrogens is 468 g/mol. The van der Waals surface area contributed by atoms with Crippen molar-refractivity contribution in [3.8, 4) is 22.6 Å². The normalized spacial score (nSPS) is 11.8. The van der Waals surface area contributed by atoms with Gasteiger partial charge in [-0.15, -0.1) is 0 Å². The summed E-state index contributed by atoms with van der Waals surface area (Å²) in [4.78, 5) is 12.7. The fourth-order valence-electron chi connectivity index (χ4n) is 4.61. The van der Waals surface area contributed by atoms with E-state index in [2.05, 4.69) is 45.0 Å². The number of aryl methyl sites for hydroxylation is 1. The van der Waals surface area contributed by atoms with Crippen molar-refractivity contribution in [1.82, 2.24) is 0 Å². The Morgan fingerprint density at radius 3 is 1.87 bits per heavy atom. The summed E-state index contributed by atoms with van der Waals surface area (Å²) < 4.78 is 11.6. The highest BCUT2D eigenvalue weighted by atomic mass is 16.5. The molecule has 204 valence electrons. The van der Waals surface area contributed by atoms with Gasteiger partial charge in [0.05, 0.1) is 12.2 Å². The number of hydrogen-bond donors (Lipinski definition) is 0. The summed E-state index contributed by atoms with van der Waals surface area (Å²) >= 11 is 0. The van der Waals surface area contributed by atoms with Crippen molar-refractivity contribution in [2.45, 2.75) is 91.4 Å². The van der Waals surface area contributed by atoms with E-state index in [1.165, 1.54) is 69.8 Å². The van der Waals surface area contributed by atoms with Gasteiger partial charge in [0.1, 0.15) is 11.5 Å². The fraction of sp³-hybridized carbons (Fsp3) is 0.457. The molecule has 3 rings (SSSR count). The molecule has 3 heteroatoms. The van der Waals surface area contributed by atoms with Gasteiger partial charge in [0, 0.05) is 0 Å². The first-order valence-corrected chi connectivity index (χ1v) is 14.7. The molecule has 0 aliphatic heterocycles. The maximum atomic E-state index is 12.7. The number of hydrogen-bond acceptors (Lipinski definition) is 3. The van der Waals surface area contributed by atoms with Crippen LogP contribution in [0.5, 0.6) is 11.5 Å². The Bertz CT molecular complexity index is 1050. The summed E-state index contributed by atoms with van der Waals surface area (Å²) in [6, 6.07) is 23.7. The zero-order valence-electron chi connectivity index (χ0n) is 23.7. The van der Waals surface area contributed by atoms with Gasteiger partial charge in [0.2, 0.25) is 0 Å². The van der Waals surface area contributed by atoms with Crippen LogP contribution in [-0.4, -0.2) is 12.6 Å². The molecule has 0 N–H and O–H groups in total. The average molecular weight is 515 g/mol. The van der Waals surface area contributed by atoms with Gasteiger partial charge in [-0.3, -0.25) is 0 Å². The molecule has 0 aromatic heterocycles. The van der Waals surface area contributed by atoms with E-state index in [1.807, 2.05) is 48.5 Å². The molecule has 0 fully saturated rings. The molecule has 3 aromatic rings. The van der Waals surface area contributed by atoms with Crippen LogP contribution in [0.3, 0.4) is 0 Å². The standard InChI is InChI=1S/C35H46O3/c1-4-6-8-9-10-12-14-29-15-23-34(24-16-29)38-35(36)32-19-17-30(18-20-32)31-21-25-33(26-22-31)37-27-28(3)13-11-7-5-2/h15-26,28H,4-14,27H2,1-3H3/t28-/m0/s1. The third kappa shape index (κ3) is 10.4. The lowest BCUT2D eigenvalue weighted by Crippen LogP contribution is -2.08. The monoisotopic (exact) mass is 514 g/mol. The van der Waals surface area contributed by atoms with E-state index in [0.717, 1.165) is 29.9 Å². The second-order valence-electron chi connectivity index (χ2n) is 10.6. The smallest absolute Gasteiger partial charge is 0.343 e. The quantitative estimate of drug-likeness (QED) is 0.102. The number of benzene rings is 3. The van der Waals surface area contributed by atoms with Crippen LogP contribution < -0.4 is 9.47 Å². The van der Waals surface area contributed by atoms with E-state index in [1.54, 1.807) is 0 Å². The molecule has 1 atom stereocenters. The second kappa shape index (κ2) is 16.7. The molecular formula is C35H46O3. The molecule has 0 saturated carbocycles. The molecule has 3 aromatic carbocycles. The Labute approximate surface area is 230 Å². The fourth-order valence-corrected chi connectivity index (χ4v) is 4.61. The van der Waals surface area contributed by atoms with Crippen molar-refractivity contribution in [1.29, 1.82) is 0 Å². The Balaban J connectivity index is 1.44. The van der Waals surface area contributed by atoms with E-state index in [-0.39, 0.29) is 5.97 Å². The second-order valence-corrected chi connectivity index (χ2v) is 10.6. The lowest BCUT2D eigenvalue weighted by atomic mass is 10.0. The summed E-state index contributed by atoms with van der Waals surface area (Å²) in [7, 11) is 0. The van der Waals surface area contributed by atoms with Crippen molar-refractivity contribution < 1.29 is 14.3 Å². The van der Waals surface area contributed by atoms with Crippen LogP contribution in [0.2, 0.25) is 0 Å². The van der Waals surface area contributed by atoms with E-state index in [4.69, 9.17) is 9.47 Å². The SMILES string of the molecule is CCCCCCCCc1ccc(OC(=O)c2ccc(-c3ccc(OC[C@@H](C)CCCCC)cc3)cc2)cc1. The zero-order chi connectivity index (χ0) is 27.0. The third-order valence-corrected chi connectivity index (χ3v) is 7.10. The van der Waals surface area contributed by atoms with Crippen LogP contribution in [0.1, 0.15) is 101 Å². The molecule has 0 radical (unpaired) electrons. The van der Waals surface area contributed by atoms with Crippen LogP contribution >= 0.6 is 0 Å². The zero-order valence-corrected chi connectivity index (χ0v) is 23.7. The van der Waals surface area contributed by atoms with E-state index >= 15 is 0 Å². The highest BCUT2D eigenvalue weighted by Gasteiger charge is 2.10.